The van der Waals surface area contributed by atoms with E-state index in [1.54, 1.807) is 6.92 Å². The van der Waals surface area contributed by atoms with E-state index < -0.39 is 29.0 Å². The van der Waals surface area contributed by atoms with Gasteiger partial charge in [0.2, 0.25) is 5.91 Å². The van der Waals surface area contributed by atoms with Gasteiger partial charge in [0.05, 0.1) is 6.61 Å². The van der Waals surface area contributed by atoms with Crippen LogP contribution in [-0.4, -0.2) is 72.5 Å². The zero-order valence-electron chi connectivity index (χ0n) is 24.0. The molecule has 2 amide bonds. The second kappa shape index (κ2) is 12.3. The number of nitrogens with one attached hydrogen (secondary N) is 2. The minimum absolute atomic E-state index is 0.100. The van der Waals surface area contributed by atoms with Crippen LogP contribution < -0.4 is 10.6 Å². The number of hydrogen-bond donors (Lipinski definition) is 3. The van der Waals surface area contributed by atoms with Gasteiger partial charge < -0.3 is 25.2 Å². The van der Waals surface area contributed by atoms with E-state index in [-0.39, 0.29) is 32.1 Å². The summed E-state index contributed by atoms with van der Waals surface area (Å²) in [5.41, 5.74) is 2.46. The standard InChI is InChI=1S/C33H37N3O6/c1-3-32(22-41-2,30(38)39)34-29(37)33(17-18-36(21-33)19-23-11-5-4-6-12-23)35-31(40)42-20-28-26-15-9-7-13-24(26)25-14-8-10-16-27(25)28/h4-16,28H,3,17-22H2,1-2H3,(H,34,37)(H,35,40)(H,38,39). The van der Waals surface area contributed by atoms with Crippen LogP contribution in [-0.2, 0) is 25.6 Å². The lowest BCUT2D eigenvalue weighted by Gasteiger charge is -2.35. The Kier molecular flexibility index (Phi) is 8.61. The van der Waals surface area contributed by atoms with E-state index in [9.17, 15) is 19.5 Å². The smallest absolute Gasteiger partial charge is 0.408 e. The highest BCUT2D eigenvalue weighted by Gasteiger charge is 2.50. The van der Waals surface area contributed by atoms with Crippen molar-refractivity contribution in [3.8, 4) is 11.1 Å². The maximum Gasteiger partial charge on any atom is 0.408 e. The Balaban J connectivity index is 1.35. The molecule has 2 aliphatic rings. The predicted molar refractivity (Wildman–Crippen MR) is 158 cm³/mol. The molecule has 1 aliphatic carbocycles. The molecule has 2 unspecified atom stereocenters. The number of carbonyl (C=O) groups is 3. The molecular formula is C33H37N3O6. The van der Waals surface area contributed by atoms with Crippen LogP contribution in [0.25, 0.3) is 11.1 Å². The Morgan fingerprint density at radius 2 is 1.60 bits per heavy atom. The van der Waals surface area contributed by atoms with Gasteiger partial charge in [0.15, 0.2) is 5.54 Å². The van der Waals surface area contributed by atoms with Crippen molar-refractivity contribution in [2.24, 2.45) is 0 Å². The number of hydrogen-bond acceptors (Lipinski definition) is 6. The van der Waals surface area contributed by atoms with Crippen LogP contribution in [0.4, 0.5) is 4.79 Å². The van der Waals surface area contributed by atoms with Gasteiger partial charge in [-0.2, -0.15) is 0 Å². The van der Waals surface area contributed by atoms with Gasteiger partial charge in [0, 0.05) is 32.7 Å². The summed E-state index contributed by atoms with van der Waals surface area (Å²) in [4.78, 5) is 41.6. The van der Waals surface area contributed by atoms with Crippen LogP contribution in [0.1, 0.15) is 42.4 Å². The van der Waals surface area contributed by atoms with Gasteiger partial charge in [-0.1, -0.05) is 85.8 Å². The topological polar surface area (TPSA) is 117 Å². The fourth-order valence-corrected chi connectivity index (χ4v) is 6.12. The van der Waals surface area contributed by atoms with Gasteiger partial charge in [-0.25, -0.2) is 9.59 Å². The van der Waals surface area contributed by atoms with Gasteiger partial charge in [0.25, 0.3) is 0 Å². The molecule has 1 saturated heterocycles. The summed E-state index contributed by atoms with van der Waals surface area (Å²) >= 11 is 0. The van der Waals surface area contributed by atoms with Crippen molar-refractivity contribution in [2.75, 3.05) is 33.4 Å². The van der Waals surface area contributed by atoms with Crippen LogP contribution in [0.3, 0.4) is 0 Å². The zero-order chi connectivity index (χ0) is 29.7. The second-order valence-electron chi connectivity index (χ2n) is 11.1. The summed E-state index contributed by atoms with van der Waals surface area (Å²) in [6.07, 6.45) is -0.323. The monoisotopic (exact) mass is 571 g/mol. The first kappa shape index (κ1) is 29.3. The fraction of sp³-hybridized carbons (Fsp3) is 0.364. The molecule has 9 heteroatoms. The third-order valence-electron chi connectivity index (χ3n) is 8.47. The summed E-state index contributed by atoms with van der Waals surface area (Å²) in [5, 5.41) is 15.6. The van der Waals surface area contributed by atoms with E-state index >= 15 is 0 Å². The number of fused-ring (bicyclic) bond motifs is 3. The number of amides is 2. The Morgan fingerprint density at radius 1 is 0.976 bits per heavy atom. The van der Waals surface area contributed by atoms with Crippen molar-refractivity contribution in [3.05, 3.63) is 95.6 Å². The lowest BCUT2D eigenvalue weighted by Crippen LogP contribution is -2.67. The van der Waals surface area contributed by atoms with Crippen LogP contribution in [0.15, 0.2) is 78.9 Å². The maximum absolute atomic E-state index is 13.9. The molecule has 1 fully saturated rings. The second-order valence-corrected chi connectivity index (χ2v) is 11.1. The molecule has 2 atom stereocenters. The van der Waals surface area contributed by atoms with E-state index in [1.165, 1.54) is 7.11 Å². The number of ether oxygens (including phenoxy) is 2. The number of carbonyl (C=O) groups excluding carboxylic acids is 2. The molecule has 9 nitrogen and oxygen atoms in total. The van der Waals surface area contributed by atoms with E-state index in [0.29, 0.717) is 19.5 Å². The Morgan fingerprint density at radius 3 is 2.19 bits per heavy atom. The molecular weight excluding hydrogens is 534 g/mol. The molecule has 3 N–H and O–H groups in total. The zero-order valence-corrected chi connectivity index (χ0v) is 24.0. The van der Waals surface area contributed by atoms with Crippen molar-refractivity contribution in [1.82, 2.24) is 15.5 Å². The lowest BCUT2D eigenvalue weighted by molar-refractivity contribution is -0.151. The fourth-order valence-electron chi connectivity index (χ4n) is 6.12. The molecule has 0 aromatic heterocycles. The number of carboxylic acids is 1. The van der Waals surface area contributed by atoms with Crippen molar-refractivity contribution < 1.29 is 29.0 Å². The lowest BCUT2D eigenvalue weighted by atomic mass is 9.92. The Bertz CT molecular complexity index is 1400. The predicted octanol–water partition coefficient (Wildman–Crippen LogP) is 4.17. The first-order valence-corrected chi connectivity index (χ1v) is 14.3. The van der Waals surface area contributed by atoms with Gasteiger partial charge in [0.1, 0.15) is 12.1 Å². The first-order chi connectivity index (χ1) is 20.3. The normalized spacial score (nSPS) is 19.4. The number of benzene rings is 3. The van der Waals surface area contributed by atoms with E-state index in [2.05, 4.69) is 27.7 Å². The number of carboxylic acid groups (broad SMARTS) is 1. The quantitative estimate of drug-likeness (QED) is 0.316. The molecule has 3 aromatic carbocycles. The van der Waals surface area contributed by atoms with Crippen molar-refractivity contribution in [3.63, 3.8) is 0 Å². The summed E-state index contributed by atoms with van der Waals surface area (Å²) in [6, 6.07) is 26.0. The highest BCUT2D eigenvalue weighted by Crippen LogP contribution is 2.44. The first-order valence-electron chi connectivity index (χ1n) is 14.3. The molecule has 0 bridgehead atoms. The summed E-state index contributed by atoms with van der Waals surface area (Å²) in [7, 11) is 1.39. The van der Waals surface area contributed by atoms with Crippen molar-refractivity contribution in [1.29, 1.82) is 0 Å². The SMILES string of the molecule is CCC(COC)(NC(=O)C1(NC(=O)OCC2c3ccccc3-c3ccccc32)CCN(Cc2ccccc2)C1)C(=O)O. The third-order valence-corrected chi connectivity index (χ3v) is 8.47. The summed E-state index contributed by atoms with van der Waals surface area (Å²) in [6.45, 7) is 2.88. The molecule has 1 aliphatic heterocycles. The Hall–Kier alpha value is -4.21. The number of alkyl carbamates (subject to hydrolysis) is 1. The molecule has 42 heavy (non-hydrogen) atoms. The summed E-state index contributed by atoms with van der Waals surface area (Å²) in [5.74, 6) is -1.91. The molecule has 0 spiro atoms. The van der Waals surface area contributed by atoms with Crippen LogP contribution in [0.2, 0.25) is 0 Å². The average Bonchev–Trinajstić information content (AvgIpc) is 3.55. The van der Waals surface area contributed by atoms with Crippen LogP contribution in [0, 0.1) is 0 Å². The molecule has 220 valence electrons. The van der Waals surface area contributed by atoms with Gasteiger partial charge in [-0.05, 0) is 40.7 Å². The van der Waals surface area contributed by atoms with E-state index in [0.717, 1.165) is 27.8 Å². The van der Waals surface area contributed by atoms with Gasteiger partial charge in [-0.15, -0.1) is 0 Å². The third kappa shape index (κ3) is 5.75. The molecule has 1 heterocycles. The number of nitrogens with zero attached hydrogens (tertiary/aromatic N) is 1. The molecule has 0 radical (unpaired) electrons. The van der Waals surface area contributed by atoms with Crippen molar-refractivity contribution >= 4 is 18.0 Å². The number of aliphatic carboxylic acids is 1. The Labute approximate surface area is 245 Å². The minimum atomic E-state index is -1.63. The molecule has 3 aromatic rings. The minimum Gasteiger partial charge on any atom is -0.479 e. The van der Waals surface area contributed by atoms with Crippen molar-refractivity contribution in [2.45, 2.75) is 43.3 Å². The van der Waals surface area contributed by atoms with Gasteiger partial charge >= 0.3 is 12.1 Å². The number of methoxy groups -OCH3 is 1. The summed E-state index contributed by atoms with van der Waals surface area (Å²) < 4.78 is 11.0. The van der Waals surface area contributed by atoms with Crippen LogP contribution >= 0.6 is 0 Å². The highest BCUT2D eigenvalue weighted by atomic mass is 16.5. The molecule has 5 rings (SSSR count). The largest absolute Gasteiger partial charge is 0.479 e. The van der Waals surface area contributed by atoms with Gasteiger partial charge in [-0.3, -0.25) is 9.69 Å². The van der Waals surface area contributed by atoms with E-state index in [1.807, 2.05) is 66.7 Å². The number of likely N-dealkylation sites (tertiary alicyclic amines) is 1. The average molecular weight is 572 g/mol. The van der Waals surface area contributed by atoms with E-state index in [4.69, 9.17) is 9.47 Å². The number of rotatable bonds is 11. The van der Waals surface area contributed by atoms with Crippen LogP contribution in [0.5, 0.6) is 0 Å². The highest BCUT2D eigenvalue weighted by molar-refractivity contribution is 5.95. The molecule has 0 saturated carbocycles. The maximum atomic E-state index is 13.9.